The van der Waals surface area contributed by atoms with Crippen LogP contribution in [0.15, 0.2) is 36.5 Å². The molecule has 3 aromatic rings. The number of aliphatic hydroxyl groups is 1. The number of nitrogens with zero attached hydrogens (tertiary/aromatic N) is 3. The highest BCUT2D eigenvalue weighted by Crippen LogP contribution is 2.40. The second kappa shape index (κ2) is 14.1. The van der Waals surface area contributed by atoms with Gasteiger partial charge in [-0.1, -0.05) is 0 Å². The zero-order valence-electron chi connectivity index (χ0n) is 24.7. The number of halogens is 3. The minimum Gasteiger partial charge on any atom is -0.497 e. The number of aliphatic carboxylic acids is 1. The summed E-state index contributed by atoms with van der Waals surface area (Å²) in [6.45, 7) is 4.89. The predicted molar refractivity (Wildman–Crippen MR) is 156 cm³/mol. The lowest BCUT2D eigenvalue weighted by molar-refractivity contribution is -0.153. The molecule has 5 rings (SSSR count). The fourth-order valence-electron chi connectivity index (χ4n) is 6.12. The van der Waals surface area contributed by atoms with Crippen LogP contribution in [-0.2, 0) is 16.1 Å². The van der Waals surface area contributed by atoms with Crippen LogP contribution < -0.4 is 9.47 Å². The van der Waals surface area contributed by atoms with Crippen LogP contribution in [0.1, 0.15) is 42.9 Å². The second-order valence-corrected chi connectivity index (χ2v) is 11.5. The monoisotopic (exact) mass is 617 g/mol. The van der Waals surface area contributed by atoms with Gasteiger partial charge in [0.05, 0.1) is 37.4 Å². The average molecular weight is 618 g/mol. The number of carboxylic acid groups (broad SMARTS) is 1. The maximum atomic E-state index is 13.5. The van der Waals surface area contributed by atoms with Crippen LogP contribution in [0.25, 0.3) is 10.9 Å². The molecule has 2 saturated heterocycles. The van der Waals surface area contributed by atoms with Crippen molar-refractivity contribution in [2.45, 2.75) is 38.3 Å². The molecule has 12 heteroatoms. The second-order valence-electron chi connectivity index (χ2n) is 11.5. The van der Waals surface area contributed by atoms with Gasteiger partial charge < -0.3 is 24.4 Å². The lowest BCUT2D eigenvalue weighted by Crippen LogP contribution is -2.45. The van der Waals surface area contributed by atoms with Gasteiger partial charge in [0, 0.05) is 49.9 Å². The molecular weight excluding hydrogens is 579 g/mol. The molecule has 0 spiro atoms. The van der Waals surface area contributed by atoms with E-state index in [-0.39, 0.29) is 25.2 Å². The summed E-state index contributed by atoms with van der Waals surface area (Å²) in [6.07, 6.45) is 2.17. The summed E-state index contributed by atoms with van der Waals surface area (Å²) in [7, 11) is 1.58. The number of ether oxygens (including phenoxy) is 3. The molecule has 0 aliphatic carbocycles. The molecular formula is C32H38F3N3O6. The first-order valence-corrected chi connectivity index (χ1v) is 14.9. The molecule has 0 amide bonds. The minimum atomic E-state index is -1.55. The fourth-order valence-corrected chi connectivity index (χ4v) is 6.12. The Morgan fingerprint density at radius 1 is 1.05 bits per heavy atom. The number of pyridine rings is 1. The number of aliphatic hydroxyl groups excluding tert-OH is 1. The highest BCUT2D eigenvalue weighted by Gasteiger charge is 2.41. The van der Waals surface area contributed by atoms with Crippen molar-refractivity contribution in [1.82, 2.24) is 14.8 Å². The third kappa shape index (κ3) is 7.26. The Balaban J connectivity index is 1.25. The minimum absolute atomic E-state index is 0.105. The number of likely N-dealkylation sites (tertiary alicyclic amines) is 1. The van der Waals surface area contributed by atoms with E-state index in [1.165, 1.54) is 0 Å². The van der Waals surface area contributed by atoms with Crippen molar-refractivity contribution in [3.8, 4) is 11.5 Å². The SMILES string of the molecule is COc1ccc2ncc(CN3CCOCC3)c([C@@H](O)CCC3(C(=O)O)CCN(CCOc4cc(F)c(F)c(F)c4)CC3)c2c1. The first-order chi connectivity index (χ1) is 21.2. The molecule has 3 heterocycles. The number of methoxy groups -OCH3 is 1. The summed E-state index contributed by atoms with van der Waals surface area (Å²) in [5.74, 6) is -4.55. The van der Waals surface area contributed by atoms with Crippen LogP contribution >= 0.6 is 0 Å². The number of carboxylic acids is 1. The Kier molecular flexibility index (Phi) is 10.2. The zero-order valence-corrected chi connectivity index (χ0v) is 24.7. The van der Waals surface area contributed by atoms with E-state index in [4.69, 9.17) is 14.2 Å². The molecule has 238 valence electrons. The van der Waals surface area contributed by atoms with Gasteiger partial charge in [-0.05, 0) is 68.1 Å². The Bertz CT molecular complexity index is 1440. The van der Waals surface area contributed by atoms with E-state index in [2.05, 4.69) is 9.88 Å². The quantitative estimate of drug-likeness (QED) is 0.283. The van der Waals surface area contributed by atoms with Gasteiger partial charge >= 0.3 is 5.97 Å². The first-order valence-electron chi connectivity index (χ1n) is 14.9. The van der Waals surface area contributed by atoms with Crippen LogP contribution in [0.4, 0.5) is 13.2 Å². The van der Waals surface area contributed by atoms with E-state index >= 15 is 0 Å². The van der Waals surface area contributed by atoms with Crippen LogP contribution in [0.3, 0.4) is 0 Å². The molecule has 44 heavy (non-hydrogen) atoms. The smallest absolute Gasteiger partial charge is 0.309 e. The number of fused-ring (bicyclic) bond motifs is 1. The van der Waals surface area contributed by atoms with Crippen molar-refractivity contribution >= 4 is 16.9 Å². The maximum absolute atomic E-state index is 13.5. The molecule has 0 radical (unpaired) electrons. The number of benzene rings is 2. The number of rotatable bonds is 12. The van der Waals surface area contributed by atoms with E-state index in [0.29, 0.717) is 58.0 Å². The largest absolute Gasteiger partial charge is 0.497 e. The van der Waals surface area contributed by atoms with Crippen LogP contribution in [-0.4, -0.2) is 90.6 Å². The molecule has 0 saturated carbocycles. The van der Waals surface area contributed by atoms with Gasteiger partial charge in [0.1, 0.15) is 18.1 Å². The van der Waals surface area contributed by atoms with Gasteiger partial charge in [0.2, 0.25) is 0 Å². The van der Waals surface area contributed by atoms with Crippen LogP contribution in [0.2, 0.25) is 0 Å². The highest BCUT2D eigenvalue weighted by molar-refractivity contribution is 5.85. The van der Waals surface area contributed by atoms with Crippen molar-refractivity contribution in [1.29, 1.82) is 0 Å². The lowest BCUT2D eigenvalue weighted by atomic mass is 9.74. The van der Waals surface area contributed by atoms with Gasteiger partial charge in [0.25, 0.3) is 0 Å². The van der Waals surface area contributed by atoms with E-state index in [1.54, 1.807) is 13.3 Å². The number of morpholine rings is 1. The molecule has 0 unspecified atom stereocenters. The van der Waals surface area contributed by atoms with Crippen molar-refractivity contribution in [3.63, 3.8) is 0 Å². The fraction of sp³-hybridized carbons (Fsp3) is 0.500. The summed E-state index contributed by atoms with van der Waals surface area (Å²) >= 11 is 0. The van der Waals surface area contributed by atoms with Gasteiger partial charge in [-0.2, -0.15) is 0 Å². The Morgan fingerprint density at radius 3 is 2.41 bits per heavy atom. The lowest BCUT2D eigenvalue weighted by Gasteiger charge is -2.39. The van der Waals surface area contributed by atoms with E-state index in [1.807, 2.05) is 23.1 Å². The number of aromatic nitrogens is 1. The summed E-state index contributed by atoms with van der Waals surface area (Å²) in [6, 6.07) is 7.13. The summed E-state index contributed by atoms with van der Waals surface area (Å²) in [5, 5.41) is 22.7. The van der Waals surface area contributed by atoms with Crippen molar-refractivity contribution in [2.75, 3.05) is 59.7 Å². The first kappa shape index (κ1) is 32.0. The van der Waals surface area contributed by atoms with Gasteiger partial charge in [-0.3, -0.25) is 19.6 Å². The predicted octanol–water partition coefficient (Wildman–Crippen LogP) is 4.55. The molecule has 2 N–H and O–H groups in total. The van der Waals surface area contributed by atoms with Gasteiger partial charge in [0.15, 0.2) is 17.5 Å². The Hall–Kier alpha value is -3.45. The molecule has 1 aromatic heterocycles. The van der Waals surface area contributed by atoms with E-state index in [9.17, 15) is 28.2 Å². The molecule has 1 atom stereocenters. The number of piperidine rings is 1. The Labute approximate surface area is 254 Å². The van der Waals surface area contributed by atoms with Crippen molar-refractivity contribution < 1.29 is 42.4 Å². The molecule has 2 aliphatic rings. The third-order valence-electron chi connectivity index (χ3n) is 8.83. The van der Waals surface area contributed by atoms with Crippen LogP contribution in [0.5, 0.6) is 11.5 Å². The normalized spacial score (nSPS) is 18.3. The molecule has 2 aromatic carbocycles. The van der Waals surface area contributed by atoms with Crippen molar-refractivity contribution in [3.05, 3.63) is 65.1 Å². The highest BCUT2D eigenvalue weighted by atomic mass is 19.2. The molecule has 0 bridgehead atoms. The zero-order chi connectivity index (χ0) is 31.3. The summed E-state index contributed by atoms with van der Waals surface area (Å²) in [4.78, 5) is 21.5. The Morgan fingerprint density at radius 2 is 1.75 bits per heavy atom. The number of carbonyl (C=O) groups is 1. The number of hydrogen-bond donors (Lipinski definition) is 2. The standard InChI is InChI=1S/C32H38F3N3O6/c1-42-22-2-3-27-24(16-22)29(21(19-36-27)20-38-10-13-43-14-11-38)28(39)4-5-32(31(40)41)6-8-37(9-7-32)12-15-44-23-17-25(33)30(35)26(34)18-23/h2-3,16-19,28,39H,4-15,20H2,1H3,(H,40,41)/t28-/m0/s1. The number of hydrogen-bond acceptors (Lipinski definition) is 8. The van der Waals surface area contributed by atoms with E-state index in [0.717, 1.165) is 47.3 Å². The van der Waals surface area contributed by atoms with Gasteiger partial charge in [-0.15, -0.1) is 0 Å². The van der Waals surface area contributed by atoms with Gasteiger partial charge in [-0.25, -0.2) is 13.2 Å². The average Bonchev–Trinajstić information content (AvgIpc) is 3.03. The maximum Gasteiger partial charge on any atom is 0.309 e. The van der Waals surface area contributed by atoms with E-state index < -0.39 is 34.9 Å². The van der Waals surface area contributed by atoms with Crippen molar-refractivity contribution in [2.24, 2.45) is 5.41 Å². The van der Waals surface area contributed by atoms with Crippen LogP contribution in [0, 0.1) is 22.9 Å². The summed E-state index contributed by atoms with van der Waals surface area (Å²) in [5.41, 5.74) is 1.34. The molecule has 9 nitrogen and oxygen atoms in total. The molecule has 2 aliphatic heterocycles. The molecule has 2 fully saturated rings. The topological polar surface area (TPSA) is 105 Å². The summed E-state index contributed by atoms with van der Waals surface area (Å²) < 4.78 is 56.5. The third-order valence-corrected chi connectivity index (χ3v) is 8.83.